The average molecular weight is 179 g/mol. The molecule has 0 radical (unpaired) electrons. The Balaban J connectivity index is -0.0000000110. The standard InChI is InChI=1S/C3H3.3CO.Fe/c1-3-2;3*1-2;/h1H,2H2;;;;/q-1;;;;. The third kappa shape index (κ3) is 519. The van der Waals surface area contributed by atoms with Crippen molar-refractivity contribution in [3.05, 3.63) is 38.8 Å². The van der Waals surface area contributed by atoms with Crippen LogP contribution in [0.15, 0.2) is 12.3 Å². The zero-order valence-corrected chi connectivity index (χ0v) is 5.97. The summed E-state index contributed by atoms with van der Waals surface area (Å²) < 4.78 is 22.5. The first kappa shape index (κ1) is 34.8. The van der Waals surface area contributed by atoms with Gasteiger partial charge in [-0.15, -0.1) is 0 Å². The van der Waals surface area contributed by atoms with E-state index < -0.39 is 0 Å². The molecule has 0 amide bonds. The molecule has 54 valence electrons. The van der Waals surface area contributed by atoms with Crippen LogP contribution in [0.5, 0.6) is 0 Å². The van der Waals surface area contributed by atoms with Crippen LogP contribution in [0.3, 0.4) is 0 Å². The van der Waals surface area contributed by atoms with E-state index in [1.54, 1.807) is 0 Å². The molecule has 0 aromatic rings. The van der Waals surface area contributed by atoms with Crippen molar-refractivity contribution in [1.29, 1.82) is 0 Å². The molecular formula is C6H3FeO3-. The third-order valence-electron chi connectivity index (χ3n) is 0. The Morgan fingerprint density at radius 3 is 1.00 bits per heavy atom. The summed E-state index contributed by atoms with van der Waals surface area (Å²) in [7, 11) is 0. The maximum absolute atomic E-state index is 7.50. The molecule has 0 unspecified atom stereocenters. The SMILES string of the molecule is [C-]#[O+].[C-]#[O+].[C-]#[O+].[CH-]=C=C.[Fe]. The number of hydrogen-bond acceptors (Lipinski definition) is 0. The molecule has 0 aromatic heterocycles. The van der Waals surface area contributed by atoms with Crippen LogP contribution in [0, 0.1) is 26.5 Å². The van der Waals surface area contributed by atoms with Crippen LogP contribution in [0.1, 0.15) is 0 Å². The molecule has 0 saturated heterocycles. The van der Waals surface area contributed by atoms with Gasteiger partial charge in [0.15, 0.2) is 0 Å². The minimum atomic E-state index is 0. The average Bonchev–Trinajstić information content (AvgIpc) is 2.01. The maximum atomic E-state index is 7.50. The van der Waals surface area contributed by atoms with Crippen molar-refractivity contribution >= 4 is 0 Å². The molecule has 0 N–H and O–H groups in total. The van der Waals surface area contributed by atoms with Gasteiger partial charge >= 0.3 is 33.9 Å². The first-order valence-electron chi connectivity index (χ1n) is 1.25. The van der Waals surface area contributed by atoms with Crippen LogP contribution in [-0.4, -0.2) is 0 Å². The van der Waals surface area contributed by atoms with Gasteiger partial charge < -0.3 is 5.73 Å². The molecule has 3 nitrogen and oxygen atoms in total. The van der Waals surface area contributed by atoms with Gasteiger partial charge in [-0.05, 0) is 0 Å². The number of rotatable bonds is 0. The minimum Gasteiger partial charge on any atom is -0.342 e. The predicted molar refractivity (Wildman–Crippen MR) is 25.2 cm³/mol. The second kappa shape index (κ2) is 6460. The van der Waals surface area contributed by atoms with Crippen molar-refractivity contribution in [1.82, 2.24) is 0 Å². The van der Waals surface area contributed by atoms with E-state index in [0.717, 1.165) is 0 Å². The molecule has 0 aromatic carbocycles. The largest absolute Gasteiger partial charge is 0.342 e. The van der Waals surface area contributed by atoms with Crippen molar-refractivity contribution in [2.75, 3.05) is 0 Å². The fourth-order valence-electron chi connectivity index (χ4n) is 0. The monoisotopic (exact) mass is 179 g/mol. The summed E-state index contributed by atoms with van der Waals surface area (Å²) in [5.41, 5.74) is 2.00. The Morgan fingerprint density at radius 2 is 1.00 bits per heavy atom. The second-order valence-electron chi connectivity index (χ2n) is 0.204. The van der Waals surface area contributed by atoms with E-state index in [9.17, 15) is 0 Å². The quantitative estimate of drug-likeness (QED) is 0.227. The Labute approximate surface area is 70.4 Å². The molecule has 0 aliphatic heterocycles. The summed E-state index contributed by atoms with van der Waals surface area (Å²) in [6.07, 6.45) is 0. The summed E-state index contributed by atoms with van der Waals surface area (Å²) in [4.78, 5) is 0. The van der Waals surface area contributed by atoms with E-state index in [0.29, 0.717) is 0 Å². The van der Waals surface area contributed by atoms with Crippen molar-refractivity contribution in [2.45, 2.75) is 0 Å². The van der Waals surface area contributed by atoms with Crippen LogP contribution in [0.25, 0.3) is 0 Å². The topological polar surface area (TPSA) is 59.7 Å². The normalized spacial score (nSPS) is 1.40. The molecule has 0 fully saturated rings. The van der Waals surface area contributed by atoms with E-state index in [2.05, 4.69) is 33.1 Å². The Kier molecular flexibility index (Phi) is 22500. The van der Waals surface area contributed by atoms with E-state index in [1.807, 2.05) is 5.73 Å². The van der Waals surface area contributed by atoms with Crippen LogP contribution >= 0.6 is 0 Å². The summed E-state index contributed by atoms with van der Waals surface area (Å²) in [5, 5.41) is 0. The van der Waals surface area contributed by atoms with E-state index in [-0.39, 0.29) is 17.1 Å². The van der Waals surface area contributed by atoms with Gasteiger partial charge in [0.25, 0.3) is 0 Å². The molecule has 0 rings (SSSR count). The third-order valence-corrected chi connectivity index (χ3v) is 0. The molecule has 10 heavy (non-hydrogen) atoms. The molecule has 0 atom stereocenters. The summed E-state index contributed by atoms with van der Waals surface area (Å²) >= 11 is 0. The maximum Gasteiger partial charge on any atom is 0 e. The first-order chi connectivity index (χ1) is 4.41. The predicted octanol–water partition coefficient (Wildman–Crippen LogP) is 0.645. The van der Waals surface area contributed by atoms with Crippen molar-refractivity contribution in [2.24, 2.45) is 0 Å². The summed E-state index contributed by atoms with van der Waals surface area (Å²) in [6, 6.07) is 0. The van der Waals surface area contributed by atoms with Crippen molar-refractivity contribution in [3.8, 4) is 0 Å². The molecule has 0 aliphatic carbocycles. The smallest absolute Gasteiger partial charge is 0 e. The summed E-state index contributed by atoms with van der Waals surface area (Å²) in [6.45, 7) is 21.0. The van der Waals surface area contributed by atoms with Gasteiger partial charge in [-0.2, -0.15) is 0 Å². The van der Waals surface area contributed by atoms with E-state index >= 15 is 0 Å². The number of hydrogen-bond donors (Lipinski definition) is 0. The summed E-state index contributed by atoms with van der Waals surface area (Å²) in [5.74, 6) is 0. The van der Waals surface area contributed by atoms with Crippen LogP contribution in [0.4, 0.5) is 0 Å². The molecule has 0 spiro atoms. The van der Waals surface area contributed by atoms with Crippen LogP contribution in [-0.2, 0) is 31.0 Å². The Hall–Kier alpha value is -0.741. The second-order valence-corrected chi connectivity index (χ2v) is 0.204. The Bertz CT molecular complexity index is 91.6. The van der Waals surface area contributed by atoms with Crippen LogP contribution < -0.4 is 0 Å². The molecule has 4 heteroatoms. The van der Waals surface area contributed by atoms with Gasteiger partial charge in [-0.3, -0.25) is 0 Å². The molecule has 0 heterocycles. The molecule has 0 aliphatic rings. The van der Waals surface area contributed by atoms with Crippen LogP contribution in [0.2, 0.25) is 0 Å². The molecule has 0 bridgehead atoms. The van der Waals surface area contributed by atoms with E-state index in [1.165, 1.54) is 0 Å². The first-order valence-corrected chi connectivity index (χ1v) is 1.25. The molecule has 0 saturated carbocycles. The fourth-order valence-corrected chi connectivity index (χ4v) is 0. The van der Waals surface area contributed by atoms with Gasteiger partial charge in [0.2, 0.25) is 0 Å². The molecular weight excluding hydrogens is 176 g/mol. The zero-order chi connectivity index (χ0) is 8.71. The van der Waals surface area contributed by atoms with Gasteiger partial charge in [0, 0.05) is 17.1 Å². The Morgan fingerprint density at radius 1 is 1.00 bits per heavy atom. The van der Waals surface area contributed by atoms with Gasteiger partial charge in [0.05, 0.1) is 0 Å². The van der Waals surface area contributed by atoms with Gasteiger partial charge in [-0.25, -0.2) is 13.2 Å². The van der Waals surface area contributed by atoms with Gasteiger partial charge in [-0.1, -0.05) is 0 Å². The zero-order valence-electron chi connectivity index (χ0n) is 4.86. The van der Waals surface area contributed by atoms with Gasteiger partial charge in [0.1, 0.15) is 0 Å². The van der Waals surface area contributed by atoms with Crippen molar-refractivity contribution < 1.29 is 31.0 Å². The van der Waals surface area contributed by atoms with E-state index in [4.69, 9.17) is 14.0 Å². The minimum absolute atomic E-state index is 0. The van der Waals surface area contributed by atoms with Crippen molar-refractivity contribution in [3.63, 3.8) is 0 Å². The fraction of sp³-hybridized carbons (Fsp3) is 0.